The highest BCUT2D eigenvalue weighted by molar-refractivity contribution is 5.71. The molecule has 0 saturated heterocycles. The van der Waals surface area contributed by atoms with E-state index in [0.717, 1.165) is 70.6 Å². The van der Waals surface area contributed by atoms with Crippen molar-refractivity contribution < 1.29 is 28.6 Å². The van der Waals surface area contributed by atoms with Crippen LogP contribution in [0, 0.1) is 0 Å². The summed E-state index contributed by atoms with van der Waals surface area (Å²) in [6, 6.07) is 0. The summed E-state index contributed by atoms with van der Waals surface area (Å²) >= 11 is 0. The molecule has 0 aliphatic heterocycles. The minimum atomic E-state index is -0.767. The van der Waals surface area contributed by atoms with Crippen LogP contribution in [0.3, 0.4) is 0 Å². The molecule has 0 aromatic carbocycles. The molecule has 0 aliphatic carbocycles. The third-order valence-electron chi connectivity index (χ3n) is 15.9. The predicted molar refractivity (Wildman–Crippen MR) is 339 cm³/mol. The fourth-order valence-electron chi connectivity index (χ4n) is 10.6. The van der Waals surface area contributed by atoms with Crippen molar-refractivity contribution in [3.8, 4) is 0 Å². The van der Waals surface area contributed by atoms with Crippen LogP contribution in [0.25, 0.3) is 0 Å². The third kappa shape index (κ3) is 64.5. The number of carbonyl (C=O) groups excluding carboxylic acids is 3. The molecule has 0 rings (SSSR count). The summed E-state index contributed by atoms with van der Waals surface area (Å²) in [5.74, 6) is -0.847. The maximum atomic E-state index is 12.9. The maximum Gasteiger partial charge on any atom is 0.306 e. The number of unbranched alkanes of at least 4 members (excludes halogenated alkanes) is 48. The largest absolute Gasteiger partial charge is 0.462 e. The van der Waals surface area contributed by atoms with E-state index in [1.54, 1.807) is 0 Å². The standard InChI is InChI=1S/C72H134O6/c1-4-7-10-13-16-18-20-22-24-26-28-30-32-34-35-36-37-38-40-41-43-45-47-49-51-53-56-59-62-65-71(74)77-68-69(67-76-70(73)64-61-58-55-15-12-9-6-3)78-72(75)66-63-60-57-54-52-50-48-46-44-42-39-33-31-29-27-25-23-21-19-17-14-11-8-5-2/h20,22,26,28,32,34,69H,4-19,21,23-25,27,29-31,33,35-68H2,1-3H3/b22-20-,28-26-,34-32-. The Bertz CT molecular complexity index is 1300. The van der Waals surface area contributed by atoms with Crippen LogP contribution in [-0.4, -0.2) is 37.2 Å². The van der Waals surface area contributed by atoms with Gasteiger partial charge >= 0.3 is 17.9 Å². The minimum absolute atomic E-state index is 0.0668. The van der Waals surface area contributed by atoms with Crippen molar-refractivity contribution in [2.24, 2.45) is 0 Å². The number of rotatable bonds is 65. The number of hydrogen-bond acceptors (Lipinski definition) is 6. The highest BCUT2D eigenvalue weighted by atomic mass is 16.6. The molecule has 6 nitrogen and oxygen atoms in total. The first-order valence-electron chi connectivity index (χ1n) is 35.0. The zero-order valence-electron chi connectivity index (χ0n) is 52.7. The molecule has 0 spiro atoms. The Morgan fingerprint density at radius 1 is 0.256 bits per heavy atom. The van der Waals surface area contributed by atoms with Crippen molar-refractivity contribution in [1.29, 1.82) is 0 Å². The van der Waals surface area contributed by atoms with E-state index in [2.05, 4.69) is 57.2 Å². The van der Waals surface area contributed by atoms with Gasteiger partial charge < -0.3 is 14.2 Å². The van der Waals surface area contributed by atoms with Gasteiger partial charge in [0.1, 0.15) is 13.2 Å². The van der Waals surface area contributed by atoms with E-state index in [0.29, 0.717) is 19.3 Å². The van der Waals surface area contributed by atoms with Crippen LogP contribution < -0.4 is 0 Å². The molecule has 1 unspecified atom stereocenters. The van der Waals surface area contributed by atoms with Crippen LogP contribution in [0.2, 0.25) is 0 Å². The molecule has 0 aliphatic rings. The molecule has 0 amide bonds. The van der Waals surface area contributed by atoms with Crippen molar-refractivity contribution in [3.63, 3.8) is 0 Å². The topological polar surface area (TPSA) is 78.9 Å². The Morgan fingerprint density at radius 2 is 0.462 bits per heavy atom. The molecule has 0 aromatic rings. The molecular weight excluding hydrogens is 961 g/mol. The minimum Gasteiger partial charge on any atom is -0.462 e. The van der Waals surface area contributed by atoms with E-state index in [9.17, 15) is 14.4 Å². The third-order valence-corrected chi connectivity index (χ3v) is 15.9. The molecule has 0 bridgehead atoms. The average molecular weight is 1100 g/mol. The molecule has 0 saturated carbocycles. The van der Waals surface area contributed by atoms with Gasteiger partial charge in [0.15, 0.2) is 6.10 Å². The lowest BCUT2D eigenvalue weighted by molar-refractivity contribution is -0.167. The Balaban J connectivity index is 4.03. The van der Waals surface area contributed by atoms with Gasteiger partial charge in [-0.3, -0.25) is 14.4 Å². The SMILES string of the molecule is CCCCCCC/C=C\C/C=C\C/C=C\CCCCCCCCCCCCCCCCC(=O)OCC(COC(=O)CCCCCCCCC)OC(=O)CCCCCCCCCCCCCCCCCCCCCCCCCC. The monoisotopic (exact) mass is 1100 g/mol. The molecule has 78 heavy (non-hydrogen) atoms. The molecule has 0 aromatic heterocycles. The Hall–Kier alpha value is -2.37. The highest BCUT2D eigenvalue weighted by Crippen LogP contribution is 2.18. The number of esters is 3. The Labute approximate surface area is 486 Å². The zero-order chi connectivity index (χ0) is 56.4. The zero-order valence-corrected chi connectivity index (χ0v) is 52.7. The second kappa shape index (κ2) is 67.1. The van der Waals surface area contributed by atoms with Crippen LogP contribution in [0.4, 0.5) is 0 Å². The van der Waals surface area contributed by atoms with Gasteiger partial charge in [0.2, 0.25) is 0 Å². The first-order chi connectivity index (χ1) is 38.5. The van der Waals surface area contributed by atoms with Crippen molar-refractivity contribution in [2.75, 3.05) is 13.2 Å². The van der Waals surface area contributed by atoms with Gasteiger partial charge in [0.05, 0.1) is 0 Å². The molecular formula is C72H134O6. The van der Waals surface area contributed by atoms with E-state index < -0.39 is 6.10 Å². The predicted octanol–water partition coefficient (Wildman–Crippen LogP) is 23.9. The van der Waals surface area contributed by atoms with Gasteiger partial charge in [-0.1, -0.05) is 346 Å². The number of carbonyl (C=O) groups is 3. The summed E-state index contributed by atoms with van der Waals surface area (Å²) in [6.07, 6.45) is 83.5. The van der Waals surface area contributed by atoms with E-state index in [1.807, 2.05) is 0 Å². The number of hydrogen-bond donors (Lipinski definition) is 0. The molecule has 0 fully saturated rings. The van der Waals surface area contributed by atoms with E-state index in [4.69, 9.17) is 14.2 Å². The quantitative estimate of drug-likeness (QED) is 0.0261. The van der Waals surface area contributed by atoms with Crippen LogP contribution in [0.15, 0.2) is 36.5 Å². The lowest BCUT2D eigenvalue weighted by Gasteiger charge is -2.18. The molecule has 6 heteroatoms. The van der Waals surface area contributed by atoms with E-state index >= 15 is 0 Å². The first-order valence-corrected chi connectivity index (χ1v) is 35.0. The maximum absolute atomic E-state index is 12.9. The number of ether oxygens (including phenoxy) is 3. The summed E-state index contributed by atoms with van der Waals surface area (Å²) in [5.41, 5.74) is 0. The molecule has 0 radical (unpaired) electrons. The van der Waals surface area contributed by atoms with Crippen LogP contribution in [0.1, 0.15) is 387 Å². The van der Waals surface area contributed by atoms with Crippen LogP contribution in [0.5, 0.6) is 0 Å². The molecule has 0 N–H and O–H groups in total. The second-order valence-corrected chi connectivity index (χ2v) is 23.8. The van der Waals surface area contributed by atoms with E-state index in [-0.39, 0.29) is 31.1 Å². The molecule has 458 valence electrons. The first kappa shape index (κ1) is 75.6. The van der Waals surface area contributed by atoms with Crippen molar-refractivity contribution >= 4 is 17.9 Å². The normalized spacial score (nSPS) is 12.2. The van der Waals surface area contributed by atoms with Crippen LogP contribution >= 0.6 is 0 Å². The highest BCUT2D eigenvalue weighted by Gasteiger charge is 2.19. The van der Waals surface area contributed by atoms with Crippen molar-refractivity contribution in [2.45, 2.75) is 393 Å². The summed E-state index contributed by atoms with van der Waals surface area (Å²) in [6.45, 7) is 6.65. The average Bonchev–Trinajstić information content (AvgIpc) is 3.44. The fraction of sp³-hybridized carbons (Fsp3) is 0.875. The van der Waals surface area contributed by atoms with Crippen molar-refractivity contribution in [1.82, 2.24) is 0 Å². The Morgan fingerprint density at radius 3 is 0.718 bits per heavy atom. The summed E-state index contributed by atoms with van der Waals surface area (Å²) in [5, 5.41) is 0. The lowest BCUT2D eigenvalue weighted by atomic mass is 10.0. The van der Waals surface area contributed by atoms with Gasteiger partial charge in [-0.25, -0.2) is 0 Å². The summed E-state index contributed by atoms with van der Waals surface area (Å²) in [7, 11) is 0. The van der Waals surface area contributed by atoms with Gasteiger partial charge in [0.25, 0.3) is 0 Å². The van der Waals surface area contributed by atoms with Crippen LogP contribution in [-0.2, 0) is 28.6 Å². The van der Waals surface area contributed by atoms with Gasteiger partial charge in [0, 0.05) is 19.3 Å². The number of allylic oxidation sites excluding steroid dienone is 6. The molecule has 0 heterocycles. The van der Waals surface area contributed by atoms with Crippen molar-refractivity contribution in [3.05, 3.63) is 36.5 Å². The second-order valence-electron chi connectivity index (χ2n) is 23.8. The van der Waals surface area contributed by atoms with Gasteiger partial charge in [-0.2, -0.15) is 0 Å². The van der Waals surface area contributed by atoms with Gasteiger partial charge in [-0.15, -0.1) is 0 Å². The molecule has 1 atom stereocenters. The Kier molecular flexibility index (Phi) is 65.1. The summed E-state index contributed by atoms with van der Waals surface area (Å²) in [4.78, 5) is 38.2. The summed E-state index contributed by atoms with van der Waals surface area (Å²) < 4.78 is 16.9. The fourth-order valence-corrected chi connectivity index (χ4v) is 10.6. The van der Waals surface area contributed by atoms with Gasteiger partial charge in [-0.05, 0) is 57.8 Å². The smallest absolute Gasteiger partial charge is 0.306 e. The van der Waals surface area contributed by atoms with E-state index in [1.165, 1.54) is 276 Å². The lowest BCUT2D eigenvalue weighted by Crippen LogP contribution is -2.30.